The van der Waals surface area contributed by atoms with Crippen LogP contribution in [0, 0.1) is 6.92 Å². The molecule has 25 heavy (non-hydrogen) atoms. The molecule has 1 unspecified atom stereocenters. The van der Waals surface area contributed by atoms with Gasteiger partial charge < -0.3 is 15.4 Å². The predicted octanol–water partition coefficient (Wildman–Crippen LogP) is 2.29. The van der Waals surface area contributed by atoms with Crippen molar-refractivity contribution in [1.29, 1.82) is 0 Å². The first kappa shape index (κ1) is 18.8. The number of hydrogen-bond acceptors (Lipinski definition) is 3. The molecular formula is C19H29N5O. The third-order valence-electron chi connectivity index (χ3n) is 3.64. The summed E-state index contributed by atoms with van der Waals surface area (Å²) in [6.45, 7) is 8.38. The van der Waals surface area contributed by atoms with Crippen molar-refractivity contribution in [1.82, 2.24) is 20.4 Å². The van der Waals surface area contributed by atoms with Gasteiger partial charge in [-0.3, -0.25) is 4.68 Å². The Labute approximate surface area is 150 Å². The maximum Gasteiger partial charge on any atom is 0.191 e. The van der Waals surface area contributed by atoms with Gasteiger partial charge in [-0.05, 0) is 50.5 Å². The molecule has 1 aromatic heterocycles. The van der Waals surface area contributed by atoms with E-state index >= 15 is 0 Å². The molecule has 0 saturated heterocycles. The van der Waals surface area contributed by atoms with Crippen LogP contribution in [0.2, 0.25) is 0 Å². The summed E-state index contributed by atoms with van der Waals surface area (Å²) in [4.78, 5) is 4.62. The van der Waals surface area contributed by atoms with E-state index in [1.54, 1.807) is 0 Å². The fraction of sp³-hybridized carbons (Fsp3) is 0.474. The molecule has 1 aromatic carbocycles. The van der Waals surface area contributed by atoms with Gasteiger partial charge in [-0.15, -0.1) is 0 Å². The molecule has 0 spiro atoms. The Kier molecular flexibility index (Phi) is 7.32. The Hall–Kier alpha value is -2.50. The topological polar surface area (TPSA) is 63.5 Å². The molecule has 0 radical (unpaired) electrons. The predicted molar refractivity (Wildman–Crippen MR) is 102 cm³/mol. The molecule has 0 aliphatic carbocycles. The van der Waals surface area contributed by atoms with E-state index in [-0.39, 0.29) is 6.10 Å². The van der Waals surface area contributed by atoms with Crippen LogP contribution in [0.1, 0.15) is 25.0 Å². The molecule has 0 amide bonds. The third kappa shape index (κ3) is 6.87. The first-order valence-corrected chi connectivity index (χ1v) is 8.80. The van der Waals surface area contributed by atoms with Crippen molar-refractivity contribution in [3.8, 4) is 5.75 Å². The molecule has 0 saturated carbocycles. The van der Waals surface area contributed by atoms with Gasteiger partial charge in [-0.1, -0.05) is 12.1 Å². The number of aryl methyl sites for hydroxylation is 2. The highest BCUT2D eigenvalue weighted by Crippen LogP contribution is 2.14. The number of hydrogen-bond donors (Lipinski definition) is 2. The van der Waals surface area contributed by atoms with Crippen molar-refractivity contribution < 1.29 is 4.74 Å². The normalized spacial score (nSPS) is 12.7. The smallest absolute Gasteiger partial charge is 0.191 e. The summed E-state index contributed by atoms with van der Waals surface area (Å²) in [5.41, 5.74) is 2.40. The van der Waals surface area contributed by atoms with Gasteiger partial charge in [0.15, 0.2) is 5.96 Å². The fourth-order valence-corrected chi connectivity index (χ4v) is 2.45. The van der Waals surface area contributed by atoms with Crippen molar-refractivity contribution >= 4 is 5.96 Å². The zero-order valence-corrected chi connectivity index (χ0v) is 15.6. The molecule has 2 N–H and O–H groups in total. The van der Waals surface area contributed by atoms with Crippen molar-refractivity contribution in [3.63, 3.8) is 0 Å². The largest absolute Gasteiger partial charge is 0.489 e. The minimum atomic E-state index is 0.00980. The van der Waals surface area contributed by atoms with Crippen molar-refractivity contribution in [2.24, 2.45) is 12.0 Å². The second-order valence-corrected chi connectivity index (χ2v) is 6.16. The minimum Gasteiger partial charge on any atom is -0.489 e. The first-order valence-electron chi connectivity index (χ1n) is 8.80. The van der Waals surface area contributed by atoms with E-state index in [1.165, 1.54) is 11.1 Å². The number of benzene rings is 1. The number of nitrogens with one attached hydrogen (secondary N) is 2. The van der Waals surface area contributed by atoms with Gasteiger partial charge in [0.25, 0.3) is 0 Å². The van der Waals surface area contributed by atoms with E-state index in [0.717, 1.165) is 31.2 Å². The third-order valence-corrected chi connectivity index (χ3v) is 3.64. The van der Waals surface area contributed by atoms with Crippen LogP contribution < -0.4 is 15.4 Å². The van der Waals surface area contributed by atoms with Crippen LogP contribution in [0.4, 0.5) is 0 Å². The van der Waals surface area contributed by atoms with Crippen LogP contribution in [0.3, 0.4) is 0 Å². The second-order valence-electron chi connectivity index (χ2n) is 6.16. The maximum absolute atomic E-state index is 5.93. The van der Waals surface area contributed by atoms with Gasteiger partial charge in [0.05, 0.1) is 12.7 Å². The van der Waals surface area contributed by atoms with Crippen molar-refractivity contribution in [2.75, 3.05) is 19.6 Å². The van der Waals surface area contributed by atoms with E-state index < -0.39 is 0 Å². The summed E-state index contributed by atoms with van der Waals surface area (Å²) in [7, 11) is 1.93. The lowest BCUT2D eigenvalue weighted by Gasteiger charge is -2.15. The zero-order chi connectivity index (χ0) is 18.1. The van der Waals surface area contributed by atoms with E-state index in [4.69, 9.17) is 4.74 Å². The number of guanidine groups is 1. The quantitative estimate of drug-likeness (QED) is 0.570. The van der Waals surface area contributed by atoms with Crippen LogP contribution in [-0.4, -0.2) is 41.5 Å². The number of nitrogens with zero attached hydrogens (tertiary/aromatic N) is 3. The molecule has 0 aliphatic rings. The molecule has 2 aromatic rings. The van der Waals surface area contributed by atoms with Crippen LogP contribution >= 0.6 is 0 Å². The molecule has 136 valence electrons. The maximum atomic E-state index is 5.93. The van der Waals surface area contributed by atoms with Crippen LogP contribution in [0.5, 0.6) is 5.75 Å². The number of rotatable bonds is 8. The Balaban J connectivity index is 1.81. The van der Waals surface area contributed by atoms with E-state index in [0.29, 0.717) is 6.54 Å². The number of aromatic nitrogens is 2. The van der Waals surface area contributed by atoms with Gasteiger partial charge in [0, 0.05) is 26.3 Å². The highest BCUT2D eigenvalue weighted by molar-refractivity contribution is 5.79. The highest BCUT2D eigenvalue weighted by atomic mass is 16.5. The molecule has 0 fully saturated rings. The van der Waals surface area contributed by atoms with Crippen molar-refractivity contribution in [2.45, 2.75) is 33.3 Å². The molecule has 6 nitrogen and oxygen atoms in total. The lowest BCUT2D eigenvalue weighted by atomic mass is 10.2. The van der Waals surface area contributed by atoms with Gasteiger partial charge in [-0.2, -0.15) is 5.10 Å². The van der Waals surface area contributed by atoms with E-state index in [9.17, 15) is 0 Å². The van der Waals surface area contributed by atoms with E-state index in [1.807, 2.05) is 49.2 Å². The average Bonchev–Trinajstić information content (AvgIpc) is 2.98. The van der Waals surface area contributed by atoms with Crippen LogP contribution in [0.25, 0.3) is 0 Å². The summed E-state index contributed by atoms with van der Waals surface area (Å²) in [5, 5.41) is 10.8. The SMILES string of the molecule is CCNC(=NCC(C)Oc1cccc(C)c1)NCCc1cnn(C)c1. The molecule has 2 rings (SSSR count). The molecule has 1 atom stereocenters. The minimum absolute atomic E-state index is 0.00980. The lowest BCUT2D eigenvalue weighted by molar-refractivity contribution is 0.230. The Morgan fingerprint density at radius 2 is 2.20 bits per heavy atom. The van der Waals surface area contributed by atoms with Gasteiger partial charge >= 0.3 is 0 Å². The summed E-state index contributed by atoms with van der Waals surface area (Å²) in [5.74, 6) is 1.70. The summed E-state index contributed by atoms with van der Waals surface area (Å²) in [6, 6.07) is 8.08. The van der Waals surface area contributed by atoms with Crippen molar-refractivity contribution in [3.05, 3.63) is 47.8 Å². The van der Waals surface area contributed by atoms with Gasteiger partial charge in [0.2, 0.25) is 0 Å². The molecule has 6 heteroatoms. The second kappa shape index (κ2) is 9.71. The first-order chi connectivity index (χ1) is 12.1. The number of aliphatic imine (C=N–C) groups is 1. The van der Waals surface area contributed by atoms with Gasteiger partial charge in [0.1, 0.15) is 11.9 Å². The monoisotopic (exact) mass is 343 g/mol. The zero-order valence-electron chi connectivity index (χ0n) is 15.6. The molecule has 1 heterocycles. The standard InChI is InChI=1S/C19H29N5O/c1-5-20-19(21-10-9-17-13-23-24(4)14-17)22-12-16(3)25-18-8-6-7-15(2)11-18/h6-8,11,13-14,16H,5,9-10,12H2,1-4H3,(H2,20,21,22). The highest BCUT2D eigenvalue weighted by Gasteiger charge is 2.05. The van der Waals surface area contributed by atoms with E-state index in [2.05, 4.69) is 40.6 Å². The molecular weight excluding hydrogens is 314 g/mol. The molecule has 0 bridgehead atoms. The number of ether oxygens (including phenoxy) is 1. The fourth-order valence-electron chi connectivity index (χ4n) is 2.45. The summed E-state index contributed by atoms with van der Waals surface area (Å²) < 4.78 is 7.74. The summed E-state index contributed by atoms with van der Waals surface area (Å²) >= 11 is 0. The lowest BCUT2D eigenvalue weighted by Crippen LogP contribution is -2.39. The Morgan fingerprint density at radius 1 is 1.36 bits per heavy atom. The average molecular weight is 343 g/mol. The van der Waals surface area contributed by atoms with Crippen LogP contribution in [-0.2, 0) is 13.5 Å². The molecule has 0 aliphatic heterocycles. The van der Waals surface area contributed by atoms with Crippen LogP contribution in [0.15, 0.2) is 41.7 Å². The van der Waals surface area contributed by atoms with Gasteiger partial charge in [-0.25, -0.2) is 4.99 Å². The Bertz CT molecular complexity index is 680. The summed E-state index contributed by atoms with van der Waals surface area (Å²) in [6.07, 6.45) is 4.84. The Morgan fingerprint density at radius 3 is 2.88 bits per heavy atom.